The molecule has 7 heteroatoms. The summed E-state index contributed by atoms with van der Waals surface area (Å²) >= 11 is 0. The fraction of sp³-hybridized carbons (Fsp3) is 0.0952. The second kappa shape index (κ2) is 7.03. The van der Waals surface area contributed by atoms with Crippen molar-refractivity contribution < 1.29 is 4.79 Å². The highest BCUT2D eigenvalue weighted by atomic mass is 16.2. The molecule has 28 heavy (non-hydrogen) atoms. The van der Waals surface area contributed by atoms with E-state index in [1.54, 1.807) is 29.5 Å². The van der Waals surface area contributed by atoms with Crippen molar-refractivity contribution >= 4 is 11.6 Å². The Morgan fingerprint density at radius 1 is 0.964 bits per heavy atom. The Balaban J connectivity index is 1.64. The van der Waals surface area contributed by atoms with Gasteiger partial charge in [0.15, 0.2) is 0 Å². The van der Waals surface area contributed by atoms with Crippen molar-refractivity contribution in [3.05, 3.63) is 94.7 Å². The fourth-order valence-corrected chi connectivity index (χ4v) is 3.06. The minimum absolute atomic E-state index is 0.254. The Hall–Kier alpha value is -3.87. The predicted molar refractivity (Wildman–Crippen MR) is 107 cm³/mol. The molecule has 0 spiro atoms. The average molecular weight is 373 g/mol. The molecule has 0 unspecified atom stereocenters. The maximum absolute atomic E-state index is 12.9. The maximum Gasteiger partial charge on any atom is 0.295 e. The van der Waals surface area contributed by atoms with Crippen molar-refractivity contribution in [3.8, 4) is 11.4 Å². The standard InChI is InChI=1S/C21H19N5O2/c1-15-19(21(28)26(24(15)2)18-11-7-4-8-12-18)23-20(27)16-13-22-25(14-16)17-9-5-3-6-10-17/h3-14H,1-2H3,(H,23,27). The Labute approximate surface area is 161 Å². The molecule has 1 amide bonds. The van der Waals surface area contributed by atoms with Gasteiger partial charge in [0.1, 0.15) is 5.69 Å². The monoisotopic (exact) mass is 373 g/mol. The number of benzene rings is 2. The van der Waals surface area contributed by atoms with Crippen LogP contribution in [0.25, 0.3) is 11.4 Å². The van der Waals surface area contributed by atoms with E-state index in [4.69, 9.17) is 0 Å². The van der Waals surface area contributed by atoms with E-state index in [1.807, 2.05) is 60.7 Å². The van der Waals surface area contributed by atoms with Crippen LogP contribution in [0.4, 0.5) is 5.69 Å². The first kappa shape index (κ1) is 17.5. The van der Waals surface area contributed by atoms with Gasteiger partial charge in [0, 0.05) is 13.2 Å². The minimum Gasteiger partial charge on any atom is -0.316 e. The van der Waals surface area contributed by atoms with Gasteiger partial charge in [0.25, 0.3) is 11.5 Å². The van der Waals surface area contributed by atoms with Gasteiger partial charge in [-0.15, -0.1) is 0 Å². The number of aromatic nitrogens is 4. The van der Waals surface area contributed by atoms with Gasteiger partial charge in [0.2, 0.25) is 0 Å². The number of anilines is 1. The fourth-order valence-electron chi connectivity index (χ4n) is 3.06. The van der Waals surface area contributed by atoms with Crippen molar-refractivity contribution in [3.63, 3.8) is 0 Å². The third kappa shape index (κ3) is 3.03. The van der Waals surface area contributed by atoms with E-state index < -0.39 is 0 Å². The van der Waals surface area contributed by atoms with Crippen LogP contribution in [0, 0.1) is 6.92 Å². The SMILES string of the molecule is Cc1c(NC(=O)c2cnn(-c3ccccc3)c2)c(=O)n(-c2ccccc2)n1C. The summed E-state index contributed by atoms with van der Waals surface area (Å²) in [6.07, 6.45) is 3.12. The lowest BCUT2D eigenvalue weighted by atomic mass is 10.3. The number of hydrogen-bond acceptors (Lipinski definition) is 3. The van der Waals surface area contributed by atoms with Crippen LogP contribution in [0.15, 0.2) is 77.9 Å². The molecule has 7 nitrogen and oxygen atoms in total. The molecule has 0 aliphatic carbocycles. The molecule has 0 bridgehead atoms. The summed E-state index contributed by atoms with van der Waals surface area (Å²) in [6.45, 7) is 1.80. The van der Waals surface area contributed by atoms with Gasteiger partial charge in [-0.05, 0) is 31.2 Å². The summed E-state index contributed by atoms with van der Waals surface area (Å²) in [5.74, 6) is -0.381. The first-order valence-electron chi connectivity index (χ1n) is 8.82. The maximum atomic E-state index is 12.9. The molecule has 0 saturated carbocycles. The van der Waals surface area contributed by atoms with E-state index in [-0.39, 0.29) is 17.2 Å². The molecule has 4 rings (SSSR count). The lowest BCUT2D eigenvalue weighted by molar-refractivity contribution is 0.102. The van der Waals surface area contributed by atoms with Crippen LogP contribution in [0.1, 0.15) is 16.1 Å². The first-order chi connectivity index (χ1) is 13.6. The Morgan fingerprint density at radius 3 is 2.21 bits per heavy atom. The third-order valence-electron chi connectivity index (χ3n) is 4.66. The van der Waals surface area contributed by atoms with Crippen LogP contribution in [0.5, 0.6) is 0 Å². The van der Waals surface area contributed by atoms with E-state index in [1.165, 1.54) is 10.9 Å². The smallest absolute Gasteiger partial charge is 0.295 e. The van der Waals surface area contributed by atoms with Gasteiger partial charge in [-0.2, -0.15) is 5.10 Å². The molecule has 2 aromatic carbocycles. The Bertz CT molecular complexity index is 1190. The van der Waals surface area contributed by atoms with Crippen LogP contribution >= 0.6 is 0 Å². The Morgan fingerprint density at radius 2 is 1.57 bits per heavy atom. The van der Waals surface area contributed by atoms with Gasteiger partial charge in [-0.25, -0.2) is 9.36 Å². The lowest BCUT2D eigenvalue weighted by Gasteiger charge is -2.07. The van der Waals surface area contributed by atoms with Gasteiger partial charge in [0.05, 0.1) is 28.8 Å². The Kier molecular flexibility index (Phi) is 4.41. The van der Waals surface area contributed by atoms with Gasteiger partial charge < -0.3 is 5.32 Å². The molecule has 0 aliphatic rings. The van der Waals surface area contributed by atoms with Crippen LogP contribution in [-0.4, -0.2) is 25.1 Å². The molecule has 0 aliphatic heterocycles. The number of hydrogen-bond donors (Lipinski definition) is 1. The highest BCUT2D eigenvalue weighted by molar-refractivity contribution is 6.04. The average Bonchev–Trinajstić information content (AvgIpc) is 3.30. The van der Waals surface area contributed by atoms with E-state index in [0.29, 0.717) is 11.3 Å². The predicted octanol–water partition coefficient (Wildman–Crippen LogP) is 2.92. The second-order valence-electron chi connectivity index (χ2n) is 6.40. The van der Waals surface area contributed by atoms with Crippen molar-refractivity contribution in [2.45, 2.75) is 6.92 Å². The molecule has 140 valence electrons. The summed E-state index contributed by atoms with van der Waals surface area (Å²) in [4.78, 5) is 25.6. The normalized spacial score (nSPS) is 10.8. The molecule has 1 N–H and O–H groups in total. The van der Waals surface area contributed by atoms with Crippen LogP contribution in [-0.2, 0) is 7.05 Å². The second-order valence-corrected chi connectivity index (χ2v) is 6.40. The zero-order valence-electron chi connectivity index (χ0n) is 15.5. The van der Waals surface area contributed by atoms with E-state index in [9.17, 15) is 9.59 Å². The van der Waals surface area contributed by atoms with Crippen molar-refractivity contribution in [2.24, 2.45) is 7.05 Å². The molecule has 2 aromatic heterocycles. The number of rotatable bonds is 4. The van der Waals surface area contributed by atoms with Crippen LogP contribution in [0.2, 0.25) is 0 Å². The van der Waals surface area contributed by atoms with Gasteiger partial charge in [-0.3, -0.25) is 14.3 Å². The van der Waals surface area contributed by atoms with Crippen molar-refractivity contribution in [2.75, 3.05) is 5.32 Å². The van der Waals surface area contributed by atoms with Crippen LogP contribution in [0.3, 0.4) is 0 Å². The summed E-state index contributed by atoms with van der Waals surface area (Å²) in [5.41, 5.74) is 2.59. The number of nitrogens with one attached hydrogen (secondary N) is 1. The van der Waals surface area contributed by atoms with E-state index in [2.05, 4.69) is 10.4 Å². The highest BCUT2D eigenvalue weighted by Crippen LogP contribution is 2.15. The van der Waals surface area contributed by atoms with Crippen LogP contribution < -0.4 is 10.9 Å². The van der Waals surface area contributed by atoms with Gasteiger partial charge >= 0.3 is 0 Å². The summed E-state index contributed by atoms with van der Waals surface area (Å²) < 4.78 is 4.87. The number of amides is 1. The molecule has 0 fully saturated rings. The molecule has 2 heterocycles. The zero-order chi connectivity index (χ0) is 19.7. The molecular formula is C21H19N5O2. The topological polar surface area (TPSA) is 73.8 Å². The first-order valence-corrected chi connectivity index (χ1v) is 8.82. The van der Waals surface area contributed by atoms with Crippen molar-refractivity contribution in [1.82, 2.24) is 19.1 Å². The van der Waals surface area contributed by atoms with Crippen molar-refractivity contribution in [1.29, 1.82) is 0 Å². The minimum atomic E-state index is -0.381. The number of nitrogens with zero attached hydrogens (tertiary/aromatic N) is 4. The number of para-hydroxylation sites is 2. The lowest BCUT2D eigenvalue weighted by Crippen LogP contribution is -2.22. The molecule has 4 aromatic rings. The zero-order valence-corrected chi connectivity index (χ0v) is 15.5. The largest absolute Gasteiger partial charge is 0.316 e. The van der Waals surface area contributed by atoms with Gasteiger partial charge in [-0.1, -0.05) is 36.4 Å². The molecule has 0 saturated heterocycles. The third-order valence-corrected chi connectivity index (χ3v) is 4.66. The van der Waals surface area contributed by atoms with E-state index in [0.717, 1.165) is 11.4 Å². The number of carbonyl (C=O) groups is 1. The molecule has 0 atom stereocenters. The summed E-state index contributed by atoms with van der Waals surface area (Å²) in [6, 6.07) is 18.8. The number of carbonyl (C=O) groups excluding carboxylic acids is 1. The van der Waals surface area contributed by atoms with E-state index >= 15 is 0 Å². The molecule has 0 radical (unpaired) electrons. The summed E-state index contributed by atoms with van der Waals surface area (Å²) in [7, 11) is 1.78. The quantitative estimate of drug-likeness (QED) is 0.598. The summed E-state index contributed by atoms with van der Waals surface area (Å²) in [5, 5.41) is 6.98. The molecular weight excluding hydrogens is 354 g/mol. The highest BCUT2D eigenvalue weighted by Gasteiger charge is 2.19.